The normalized spacial score (nSPS) is 24.2. The van der Waals surface area contributed by atoms with E-state index in [0.29, 0.717) is 51.2 Å². The number of halogens is 2. The topological polar surface area (TPSA) is 174 Å². The zero-order chi connectivity index (χ0) is 24.8. The van der Waals surface area contributed by atoms with E-state index in [2.05, 4.69) is 36.8 Å². The minimum absolute atomic E-state index is 0. The second-order valence-corrected chi connectivity index (χ2v) is 9.31. The van der Waals surface area contributed by atoms with Crippen LogP contribution >= 0.6 is 31.9 Å². The molecule has 0 radical (unpaired) electrons. The summed E-state index contributed by atoms with van der Waals surface area (Å²) in [6.07, 6.45) is -4.66. The SMILES string of the molecule is O=C([O-])[C@H]1C[C@@H](Oc2c[nH]c3cc(Br)c(OCCOCCOCCO)c(Br)c23)[C@H](O)[C@@H](O)[C@@H]1O.[Na+]. The van der Waals surface area contributed by atoms with Crippen LogP contribution in [-0.4, -0.2) is 95.4 Å². The van der Waals surface area contributed by atoms with Crippen LogP contribution in [0.5, 0.6) is 11.5 Å². The van der Waals surface area contributed by atoms with Crippen LogP contribution in [0.1, 0.15) is 6.42 Å². The maximum atomic E-state index is 11.3. The largest absolute Gasteiger partial charge is 1.00 e. The van der Waals surface area contributed by atoms with Gasteiger partial charge in [-0.15, -0.1) is 0 Å². The van der Waals surface area contributed by atoms with Crippen molar-refractivity contribution in [3.63, 3.8) is 0 Å². The zero-order valence-electron chi connectivity index (χ0n) is 19.0. The first-order chi connectivity index (χ1) is 16.3. The monoisotopic (exact) mass is 633 g/mol. The van der Waals surface area contributed by atoms with E-state index in [1.807, 2.05) is 0 Å². The summed E-state index contributed by atoms with van der Waals surface area (Å²) in [5, 5.41) is 50.9. The Hall–Kier alpha value is -0.450. The summed E-state index contributed by atoms with van der Waals surface area (Å²) in [4.78, 5) is 14.4. The molecule has 0 unspecified atom stereocenters. The smallest absolute Gasteiger partial charge is 0.550 e. The fourth-order valence-electron chi connectivity index (χ4n) is 3.69. The van der Waals surface area contributed by atoms with Crippen LogP contribution in [0.15, 0.2) is 21.2 Å². The molecule has 5 N–H and O–H groups in total. The van der Waals surface area contributed by atoms with E-state index in [0.717, 1.165) is 0 Å². The van der Waals surface area contributed by atoms with Crippen molar-refractivity contribution in [2.45, 2.75) is 30.8 Å². The van der Waals surface area contributed by atoms with Crippen molar-refractivity contribution in [3.05, 3.63) is 21.2 Å². The molecule has 0 saturated heterocycles. The van der Waals surface area contributed by atoms with Crippen molar-refractivity contribution >= 4 is 48.7 Å². The summed E-state index contributed by atoms with van der Waals surface area (Å²) in [5.41, 5.74) is 0.667. The van der Waals surface area contributed by atoms with E-state index in [9.17, 15) is 25.2 Å². The van der Waals surface area contributed by atoms with Gasteiger partial charge in [0.05, 0.1) is 59.0 Å². The first kappa shape index (κ1) is 30.8. The zero-order valence-corrected chi connectivity index (χ0v) is 24.2. The summed E-state index contributed by atoms with van der Waals surface area (Å²) >= 11 is 6.98. The fraction of sp³-hybridized carbons (Fsp3) is 0.571. The van der Waals surface area contributed by atoms with E-state index < -0.39 is 36.3 Å². The number of aliphatic hydroxyl groups excluding tert-OH is 4. The van der Waals surface area contributed by atoms with Crippen molar-refractivity contribution < 1.29 is 78.8 Å². The van der Waals surface area contributed by atoms with Crippen LogP contribution in [0.3, 0.4) is 0 Å². The molecule has 0 aliphatic heterocycles. The van der Waals surface area contributed by atoms with Crippen molar-refractivity contribution in [1.29, 1.82) is 0 Å². The number of aliphatic hydroxyl groups is 4. The predicted octanol–water partition coefficient (Wildman–Crippen LogP) is -3.30. The van der Waals surface area contributed by atoms with Gasteiger partial charge in [-0.2, -0.15) is 0 Å². The Bertz CT molecular complexity index is 977. The van der Waals surface area contributed by atoms with Gasteiger partial charge < -0.3 is 54.3 Å². The quantitative estimate of drug-likeness (QED) is 0.118. The van der Waals surface area contributed by atoms with Gasteiger partial charge in [0.2, 0.25) is 0 Å². The van der Waals surface area contributed by atoms with Gasteiger partial charge in [0.1, 0.15) is 36.4 Å². The Morgan fingerprint density at radius 3 is 2.37 bits per heavy atom. The molecule has 5 atom stereocenters. The summed E-state index contributed by atoms with van der Waals surface area (Å²) in [7, 11) is 0. The van der Waals surface area contributed by atoms with E-state index in [1.165, 1.54) is 0 Å². The minimum Gasteiger partial charge on any atom is -0.550 e. The third kappa shape index (κ3) is 7.54. The molecule has 0 amide bonds. The second-order valence-electron chi connectivity index (χ2n) is 7.66. The number of nitrogens with one attached hydrogen (secondary N) is 1. The Morgan fingerprint density at radius 2 is 1.71 bits per heavy atom. The molecule has 2 aromatic rings. The molecule has 1 saturated carbocycles. The molecule has 11 nitrogen and oxygen atoms in total. The van der Waals surface area contributed by atoms with Gasteiger partial charge in [0.15, 0.2) is 0 Å². The first-order valence-electron chi connectivity index (χ1n) is 10.6. The molecule has 1 aliphatic carbocycles. The number of H-pyrrole nitrogens is 1. The van der Waals surface area contributed by atoms with Crippen LogP contribution in [0, 0.1) is 5.92 Å². The molecule has 1 fully saturated rings. The van der Waals surface area contributed by atoms with Crippen LogP contribution in [0.4, 0.5) is 0 Å². The number of carboxylic acids is 1. The Morgan fingerprint density at radius 1 is 1.06 bits per heavy atom. The number of carboxylic acid groups (broad SMARTS) is 1. The number of hydrogen-bond acceptors (Lipinski definition) is 10. The van der Waals surface area contributed by atoms with Crippen LogP contribution in [0.2, 0.25) is 0 Å². The van der Waals surface area contributed by atoms with Gasteiger partial charge in [-0.05, 0) is 44.3 Å². The molecule has 3 rings (SSSR count). The Balaban J connectivity index is 0.00000432. The molecular weight excluding hydrogens is 609 g/mol. The third-order valence-electron chi connectivity index (χ3n) is 5.42. The molecule has 1 aromatic carbocycles. The van der Waals surface area contributed by atoms with E-state index in [4.69, 9.17) is 24.1 Å². The van der Waals surface area contributed by atoms with Gasteiger partial charge in [0.25, 0.3) is 0 Å². The van der Waals surface area contributed by atoms with Crippen LogP contribution in [0.25, 0.3) is 10.9 Å². The van der Waals surface area contributed by atoms with Gasteiger partial charge in [0, 0.05) is 18.1 Å². The standard InChI is InChI=1S/C21H27Br2NO10.Na/c22-11-8-12-15(16(23)20(11)33-6-5-32-4-3-31-2-1-25)14(9-24-12)34-13-7-10(21(29)30)17(26)19(28)18(13)27;/h8-10,13,17-19,24-28H,1-7H2,(H,29,30);/q;+1/p-1/t10-,13+,17+,18-,19-;/m0./s1. The van der Waals surface area contributed by atoms with Crippen LogP contribution < -0.4 is 44.1 Å². The van der Waals surface area contributed by atoms with Gasteiger partial charge >= 0.3 is 29.6 Å². The fourth-order valence-corrected chi connectivity index (χ4v) is 5.24. The van der Waals surface area contributed by atoms with Crippen molar-refractivity contribution in [3.8, 4) is 11.5 Å². The number of rotatable bonds is 12. The molecular formula is C21H26Br2NNaO10. The van der Waals surface area contributed by atoms with E-state index in [1.54, 1.807) is 12.3 Å². The number of aliphatic carboxylic acids is 1. The summed E-state index contributed by atoms with van der Waals surface area (Å²) in [5.74, 6) is -2.15. The average Bonchev–Trinajstić information content (AvgIpc) is 3.19. The number of ether oxygens (including phenoxy) is 4. The van der Waals surface area contributed by atoms with Crippen LogP contribution in [-0.2, 0) is 14.3 Å². The van der Waals surface area contributed by atoms with Crippen molar-refractivity contribution in [1.82, 2.24) is 4.98 Å². The number of benzene rings is 1. The van der Waals surface area contributed by atoms with E-state index in [-0.39, 0.29) is 55.8 Å². The number of aromatic nitrogens is 1. The Labute approximate surface area is 240 Å². The summed E-state index contributed by atoms with van der Waals surface area (Å²) in [6, 6.07) is 1.77. The van der Waals surface area contributed by atoms with Gasteiger partial charge in [-0.1, -0.05) is 0 Å². The minimum atomic E-state index is -1.70. The van der Waals surface area contributed by atoms with Gasteiger partial charge in [-0.3, -0.25) is 0 Å². The first-order valence-corrected chi connectivity index (χ1v) is 12.1. The van der Waals surface area contributed by atoms with Crippen molar-refractivity contribution in [2.75, 3.05) is 39.6 Å². The second kappa shape index (κ2) is 14.5. The molecule has 1 aliphatic rings. The molecule has 190 valence electrons. The number of carbonyl (C=O) groups excluding carboxylic acids is 1. The number of aromatic amines is 1. The molecule has 0 spiro atoms. The molecule has 35 heavy (non-hydrogen) atoms. The average molecular weight is 635 g/mol. The van der Waals surface area contributed by atoms with E-state index >= 15 is 0 Å². The van der Waals surface area contributed by atoms with Gasteiger partial charge in [-0.25, -0.2) is 0 Å². The third-order valence-corrected chi connectivity index (χ3v) is 6.77. The summed E-state index contributed by atoms with van der Waals surface area (Å²) < 4.78 is 23.5. The number of carbonyl (C=O) groups is 1. The Kier molecular flexibility index (Phi) is 12.7. The molecule has 14 heteroatoms. The maximum Gasteiger partial charge on any atom is 1.00 e. The summed E-state index contributed by atoms with van der Waals surface area (Å²) in [6.45, 7) is 1.47. The maximum absolute atomic E-state index is 11.3. The molecule has 1 heterocycles. The molecule has 1 aromatic heterocycles. The molecule has 0 bridgehead atoms. The van der Waals surface area contributed by atoms with Crippen molar-refractivity contribution in [2.24, 2.45) is 5.92 Å². The predicted molar refractivity (Wildman–Crippen MR) is 123 cm³/mol. The number of hydrogen-bond donors (Lipinski definition) is 5. The number of fused-ring (bicyclic) bond motifs is 1.